The van der Waals surface area contributed by atoms with E-state index in [1.54, 1.807) is 10.6 Å². The van der Waals surface area contributed by atoms with Gasteiger partial charge in [-0.25, -0.2) is 9.37 Å². The van der Waals surface area contributed by atoms with Crippen LogP contribution in [0.3, 0.4) is 0 Å². The lowest BCUT2D eigenvalue weighted by Crippen LogP contribution is -2.15. The van der Waals surface area contributed by atoms with Crippen molar-refractivity contribution >= 4 is 17.3 Å². The number of nitrogens with one attached hydrogen (secondary N) is 1. The van der Waals surface area contributed by atoms with Crippen molar-refractivity contribution in [3.05, 3.63) is 71.4 Å². The molecule has 29 heavy (non-hydrogen) atoms. The van der Waals surface area contributed by atoms with Crippen molar-refractivity contribution in [2.24, 2.45) is 0 Å². The first-order chi connectivity index (χ1) is 14.1. The second-order valence-electron chi connectivity index (χ2n) is 6.81. The van der Waals surface area contributed by atoms with Gasteiger partial charge in [0.2, 0.25) is 0 Å². The number of aryl methyl sites for hydroxylation is 1. The third-order valence-electron chi connectivity index (χ3n) is 4.55. The number of anilines is 2. The number of fused-ring (bicyclic) bond motifs is 2. The van der Waals surface area contributed by atoms with Crippen LogP contribution >= 0.6 is 0 Å². The summed E-state index contributed by atoms with van der Waals surface area (Å²) in [6.45, 7) is 2.98. The largest absolute Gasteiger partial charge is 0.486 e. The average Bonchev–Trinajstić information content (AvgIpc) is 3.10. The summed E-state index contributed by atoms with van der Waals surface area (Å²) < 4.78 is 26.3. The molecular formula is C21H18FN5O2. The Morgan fingerprint density at radius 3 is 2.76 bits per heavy atom. The molecule has 4 aromatic rings. The maximum absolute atomic E-state index is 13.5. The smallest absolute Gasteiger partial charge is 0.254 e. The maximum atomic E-state index is 13.5. The Labute approximate surface area is 166 Å². The number of hydrogen-bond acceptors (Lipinski definition) is 6. The molecule has 0 aliphatic carbocycles. The molecular weight excluding hydrogens is 373 g/mol. The molecule has 2 aromatic heterocycles. The molecule has 0 saturated heterocycles. The van der Waals surface area contributed by atoms with Gasteiger partial charge < -0.3 is 14.8 Å². The van der Waals surface area contributed by atoms with Gasteiger partial charge in [0, 0.05) is 29.9 Å². The Bertz CT molecular complexity index is 1210. The van der Waals surface area contributed by atoms with Crippen molar-refractivity contribution in [1.82, 2.24) is 19.6 Å². The highest BCUT2D eigenvalue weighted by Crippen LogP contribution is 2.33. The molecule has 0 spiro atoms. The van der Waals surface area contributed by atoms with E-state index in [1.807, 2.05) is 37.3 Å². The van der Waals surface area contributed by atoms with E-state index in [4.69, 9.17) is 9.47 Å². The number of ether oxygens (including phenoxy) is 2. The van der Waals surface area contributed by atoms with Crippen LogP contribution in [0.5, 0.6) is 11.5 Å². The Morgan fingerprint density at radius 1 is 1.03 bits per heavy atom. The molecule has 7 nitrogen and oxygen atoms in total. The highest BCUT2D eigenvalue weighted by Gasteiger charge is 2.14. The number of benzene rings is 2. The molecule has 0 bridgehead atoms. The van der Waals surface area contributed by atoms with Crippen molar-refractivity contribution in [2.75, 3.05) is 18.5 Å². The fourth-order valence-corrected chi connectivity index (χ4v) is 3.29. The maximum Gasteiger partial charge on any atom is 0.254 e. The predicted molar refractivity (Wildman–Crippen MR) is 105 cm³/mol. The van der Waals surface area contributed by atoms with Crippen molar-refractivity contribution in [3.8, 4) is 11.5 Å². The lowest BCUT2D eigenvalue weighted by molar-refractivity contribution is 0.171. The second kappa shape index (κ2) is 7.05. The van der Waals surface area contributed by atoms with Crippen molar-refractivity contribution in [2.45, 2.75) is 13.3 Å². The van der Waals surface area contributed by atoms with Crippen LogP contribution in [0.15, 0.2) is 48.5 Å². The quantitative estimate of drug-likeness (QED) is 0.572. The van der Waals surface area contributed by atoms with Crippen LogP contribution in [0, 0.1) is 12.7 Å². The molecule has 5 rings (SSSR count). The van der Waals surface area contributed by atoms with Gasteiger partial charge in [-0.05, 0) is 36.8 Å². The molecule has 0 radical (unpaired) electrons. The number of hydrogen-bond donors (Lipinski definition) is 1. The number of nitrogens with zero attached hydrogens (tertiary/aromatic N) is 4. The molecule has 0 atom stereocenters. The molecule has 146 valence electrons. The van der Waals surface area contributed by atoms with E-state index in [-0.39, 0.29) is 5.82 Å². The number of halogens is 1. The summed E-state index contributed by atoms with van der Waals surface area (Å²) in [6, 6.07) is 14.0. The molecule has 0 fully saturated rings. The Balaban J connectivity index is 1.48. The lowest BCUT2D eigenvalue weighted by atomic mass is 10.1. The summed E-state index contributed by atoms with van der Waals surface area (Å²) in [7, 11) is 0. The normalized spacial score (nSPS) is 12.9. The van der Waals surface area contributed by atoms with E-state index >= 15 is 0 Å². The van der Waals surface area contributed by atoms with E-state index in [9.17, 15) is 4.39 Å². The van der Waals surface area contributed by atoms with E-state index in [0.29, 0.717) is 37.0 Å². The summed E-state index contributed by atoms with van der Waals surface area (Å²) in [5, 5.41) is 7.91. The van der Waals surface area contributed by atoms with Gasteiger partial charge in [-0.2, -0.15) is 9.50 Å². The van der Waals surface area contributed by atoms with Crippen molar-refractivity contribution < 1.29 is 13.9 Å². The van der Waals surface area contributed by atoms with Gasteiger partial charge in [0.05, 0.1) is 0 Å². The third kappa shape index (κ3) is 3.56. The molecule has 0 amide bonds. The van der Waals surface area contributed by atoms with Gasteiger partial charge in [-0.15, -0.1) is 5.10 Å². The molecule has 0 unspecified atom stereocenters. The van der Waals surface area contributed by atoms with Gasteiger partial charge >= 0.3 is 0 Å². The molecule has 8 heteroatoms. The van der Waals surface area contributed by atoms with Crippen LogP contribution in [-0.2, 0) is 6.42 Å². The van der Waals surface area contributed by atoms with Crippen LogP contribution in [0.25, 0.3) is 5.78 Å². The summed E-state index contributed by atoms with van der Waals surface area (Å²) in [4.78, 5) is 8.96. The summed E-state index contributed by atoms with van der Waals surface area (Å²) in [5.41, 5.74) is 2.45. The minimum absolute atomic E-state index is 0.277. The summed E-state index contributed by atoms with van der Waals surface area (Å²) in [5.74, 6) is 2.93. The van der Waals surface area contributed by atoms with Crippen molar-refractivity contribution in [3.63, 3.8) is 0 Å². The van der Waals surface area contributed by atoms with Gasteiger partial charge in [0.15, 0.2) is 17.3 Å². The van der Waals surface area contributed by atoms with Gasteiger partial charge in [0.1, 0.15) is 24.8 Å². The van der Waals surface area contributed by atoms with Crippen LogP contribution in [-0.4, -0.2) is 32.8 Å². The van der Waals surface area contributed by atoms with E-state index in [1.165, 1.54) is 12.1 Å². The fourth-order valence-electron chi connectivity index (χ4n) is 3.29. The summed E-state index contributed by atoms with van der Waals surface area (Å²) >= 11 is 0. The third-order valence-corrected chi connectivity index (χ3v) is 4.55. The van der Waals surface area contributed by atoms with Crippen LogP contribution in [0.2, 0.25) is 0 Å². The molecule has 2 aromatic carbocycles. The highest BCUT2D eigenvalue weighted by atomic mass is 19.1. The zero-order valence-corrected chi connectivity index (χ0v) is 15.7. The first-order valence-electron chi connectivity index (χ1n) is 9.28. The fraction of sp³-hybridized carbons (Fsp3) is 0.190. The minimum Gasteiger partial charge on any atom is -0.486 e. The lowest BCUT2D eigenvalue weighted by Gasteiger charge is -2.19. The predicted octanol–water partition coefficient (Wildman–Crippen LogP) is 3.68. The van der Waals surface area contributed by atoms with Gasteiger partial charge in [-0.3, -0.25) is 0 Å². The summed E-state index contributed by atoms with van der Waals surface area (Å²) in [6.07, 6.45) is 0.420. The first-order valence-corrected chi connectivity index (χ1v) is 9.28. The average molecular weight is 391 g/mol. The van der Waals surface area contributed by atoms with Crippen molar-refractivity contribution in [1.29, 1.82) is 0 Å². The van der Waals surface area contributed by atoms with E-state index < -0.39 is 0 Å². The second-order valence-corrected chi connectivity index (χ2v) is 6.81. The molecule has 0 saturated carbocycles. The van der Waals surface area contributed by atoms with Gasteiger partial charge in [-0.1, -0.05) is 12.1 Å². The topological polar surface area (TPSA) is 73.6 Å². The Hall–Kier alpha value is -3.68. The van der Waals surface area contributed by atoms with Crippen LogP contribution in [0.4, 0.5) is 15.9 Å². The van der Waals surface area contributed by atoms with Crippen LogP contribution in [0.1, 0.15) is 17.1 Å². The molecule has 1 aliphatic heterocycles. The van der Waals surface area contributed by atoms with E-state index in [0.717, 1.165) is 28.5 Å². The highest BCUT2D eigenvalue weighted by molar-refractivity contribution is 5.63. The monoisotopic (exact) mass is 391 g/mol. The van der Waals surface area contributed by atoms with Gasteiger partial charge in [0.25, 0.3) is 5.78 Å². The first kappa shape index (κ1) is 17.4. The Kier molecular flexibility index (Phi) is 4.23. The molecule has 3 heterocycles. The minimum atomic E-state index is -0.277. The van der Waals surface area contributed by atoms with E-state index in [2.05, 4.69) is 20.4 Å². The SMILES string of the molecule is Cc1cc(Nc2ccc3c(c2)OCCO3)n2nc(Cc3cccc(F)c3)nc2n1. The van der Waals surface area contributed by atoms with Crippen LogP contribution < -0.4 is 14.8 Å². The number of aromatic nitrogens is 4. The zero-order valence-electron chi connectivity index (χ0n) is 15.7. The standard InChI is InChI=1S/C21H18FN5O2/c1-13-9-20(24-16-5-6-17-18(12-16)29-8-7-28-17)27-21(23-13)25-19(26-27)11-14-3-2-4-15(22)10-14/h2-6,9-10,12,24H,7-8,11H2,1H3. The Morgan fingerprint density at radius 2 is 1.90 bits per heavy atom. The zero-order chi connectivity index (χ0) is 19.8. The molecule has 1 N–H and O–H groups in total. The molecule has 1 aliphatic rings. The number of rotatable bonds is 4.